The Hall–Kier alpha value is -2.43. The molecule has 1 N–H and O–H groups in total. The second-order valence-corrected chi connectivity index (χ2v) is 5.38. The molecular weight excluding hydrogens is 276 g/mol. The van der Waals surface area contributed by atoms with Crippen molar-refractivity contribution >= 4 is 17.5 Å². The summed E-state index contributed by atoms with van der Waals surface area (Å²) in [5, 5.41) is 2.85. The zero-order valence-electron chi connectivity index (χ0n) is 12.7. The normalized spacial score (nSPS) is 13.6. The topological polar surface area (TPSA) is 58.1 Å². The van der Waals surface area contributed by atoms with Crippen LogP contribution in [0.1, 0.15) is 35.8 Å². The molecule has 0 saturated heterocycles. The van der Waals surface area contributed by atoms with E-state index in [1.54, 1.807) is 12.3 Å². The van der Waals surface area contributed by atoms with E-state index >= 15 is 0 Å². The van der Waals surface area contributed by atoms with Crippen LogP contribution in [0.2, 0.25) is 0 Å². The fourth-order valence-corrected chi connectivity index (χ4v) is 2.68. The molecule has 0 radical (unpaired) electrons. The number of nitrogens with zero attached hydrogens (tertiary/aromatic N) is 3. The molecule has 1 aromatic carbocycles. The number of hydrogen-bond acceptors (Lipinski definition) is 4. The van der Waals surface area contributed by atoms with Crippen LogP contribution in [0, 0.1) is 0 Å². The standard InChI is InChI=1S/C17H20N4O/c1-2-10-18-16(22)14-9-11-19-17(20-14)21-12-5-7-13-6-3-4-8-15(13)21/h3-4,6,8-9,11H,2,5,7,10,12H2,1H3,(H,18,22). The highest BCUT2D eigenvalue weighted by Crippen LogP contribution is 2.31. The lowest BCUT2D eigenvalue weighted by atomic mass is 10.0. The van der Waals surface area contributed by atoms with Crippen molar-refractivity contribution in [2.24, 2.45) is 0 Å². The van der Waals surface area contributed by atoms with Gasteiger partial charge in [0.2, 0.25) is 5.95 Å². The van der Waals surface area contributed by atoms with E-state index in [2.05, 4.69) is 38.4 Å². The van der Waals surface area contributed by atoms with E-state index in [9.17, 15) is 4.79 Å². The van der Waals surface area contributed by atoms with Gasteiger partial charge < -0.3 is 10.2 Å². The number of aryl methyl sites for hydroxylation is 1. The molecule has 5 heteroatoms. The second kappa shape index (κ2) is 6.56. The summed E-state index contributed by atoms with van der Waals surface area (Å²) in [6.45, 7) is 3.55. The maximum Gasteiger partial charge on any atom is 0.270 e. The third kappa shape index (κ3) is 2.93. The zero-order chi connectivity index (χ0) is 15.4. The number of aromatic nitrogens is 2. The van der Waals surface area contributed by atoms with E-state index in [0.717, 1.165) is 31.5 Å². The Bertz CT molecular complexity index is 671. The first-order valence-corrected chi connectivity index (χ1v) is 7.76. The quantitative estimate of drug-likeness (QED) is 0.942. The van der Waals surface area contributed by atoms with Crippen molar-refractivity contribution in [1.82, 2.24) is 15.3 Å². The van der Waals surface area contributed by atoms with Gasteiger partial charge in [-0.05, 0) is 37.0 Å². The lowest BCUT2D eigenvalue weighted by Crippen LogP contribution is -2.28. The molecule has 0 unspecified atom stereocenters. The van der Waals surface area contributed by atoms with Gasteiger partial charge in [0.25, 0.3) is 5.91 Å². The van der Waals surface area contributed by atoms with Crippen LogP contribution < -0.4 is 10.2 Å². The van der Waals surface area contributed by atoms with Crippen LogP contribution in [0.4, 0.5) is 11.6 Å². The fraction of sp³-hybridized carbons (Fsp3) is 0.353. The monoisotopic (exact) mass is 296 g/mol. The minimum Gasteiger partial charge on any atom is -0.351 e. The summed E-state index contributed by atoms with van der Waals surface area (Å²) in [6, 6.07) is 9.96. The van der Waals surface area contributed by atoms with Gasteiger partial charge in [0.15, 0.2) is 0 Å². The maximum atomic E-state index is 12.1. The number of fused-ring (bicyclic) bond motifs is 1. The Kier molecular flexibility index (Phi) is 4.32. The smallest absolute Gasteiger partial charge is 0.270 e. The SMILES string of the molecule is CCCNC(=O)c1ccnc(N2CCCc3ccccc32)n1. The first kappa shape index (κ1) is 14.5. The van der Waals surface area contributed by atoms with Crippen molar-refractivity contribution in [3.05, 3.63) is 47.8 Å². The van der Waals surface area contributed by atoms with Crippen molar-refractivity contribution in [2.75, 3.05) is 18.0 Å². The van der Waals surface area contributed by atoms with Gasteiger partial charge in [-0.2, -0.15) is 0 Å². The van der Waals surface area contributed by atoms with Gasteiger partial charge in [-0.25, -0.2) is 9.97 Å². The Labute approximate surface area is 130 Å². The van der Waals surface area contributed by atoms with E-state index in [1.807, 2.05) is 13.0 Å². The van der Waals surface area contributed by atoms with Crippen LogP contribution >= 0.6 is 0 Å². The Morgan fingerprint density at radius 2 is 2.18 bits per heavy atom. The van der Waals surface area contributed by atoms with E-state index in [0.29, 0.717) is 18.2 Å². The number of carbonyl (C=O) groups is 1. The summed E-state index contributed by atoms with van der Waals surface area (Å²) in [4.78, 5) is 23.0. The van der Waals surface area contributed by atoms with Crippen molar-refractivity contribution in [2.45, 2.75) is 26.2 Å². The number of amides is 1. The van der Waals surface area contributed by atoms with Crippen molar-refractivity contribution < 1.29 is 4.79 Å². The number of para-hydroxylation sites is 1. The predicted molar refractivity (Wildman–Crippen MR) is 86.4 cm³/mol. The van der Waals surface area contributed by atoms with Gasteiger partial charge in [0, 0.05) is 25.0 Å². The number of hydrogen-bond donors (Lipinski definition) is 1. The first-order chi connectivity index (χ1) is 10.8. The molecule has 2 aromatic rings. The average molecular weight is 296 g/mol. The fourth-order valence-electron chi connectivity index (χ4n) is 2.68. The van der Waals surface area contributed by atoms with Gasteiger partial charge in [0.1, 0.15) is 5.69 Å². The van der Waals surface area contributed by atoms with Crippen LogP contribution in [0.3, 0.4) is 0 Å². The largest absolute Gasteiger partial charge is 0.351 e. The average Bonchev–Trinajstić information content (AvgIpc) is 2.59. The number of rotatable bonds is 4. The van der Waals surface area contributed by atoms with Crippen LogP contribution in [-0.4, -0.2) is 29.0 Å². The number of carbonyl (C=O) groups excluding carboxylic acids is 1. The highest BCUT2D eigenvalue weighted by molar-refractivity contribution is 5.92. The summed E-state index contributed by atoms with van der Waals surface area (Å²) in [5.41, 5.74) is 2.86. The molecule has 0 fully saturated rings. The lowest BCUT2D eigenvalue weighted by Gasteiger charge is -2.29. The third-order valence-corrected chi connectivity index (χ3v) is 3.76. The summed E-state index contributed by atoms with van der Waals surface area (Å²) < 4.78 is 0. The van der Waals surface area contributed by atoms with Gasteiger partial charge >= 0.3 is 0 Å². The molecule has 22 heavy (non-hydrogen) atoms. The molecule has 0 atom stereocenters. The third-order valence-electron chi connectivity index (χ3n) is 3.76. The summed E-state index contributed by atoms with van der Waals surface area (Å²) in [7, 11) is 0. The molecule has 0 saturated carbocycles. The predicted octanol–water partition coefficient (Wildman–Crippen LogP) is 2.70. The second-order valence-electron chi connectivity index (χ2n) is 5.38. The molecule has 114 valence electrons. The Balaban J connectivity index is 1.89. The number of anilines is 2. The van der Waals surface area contributed by atoms with Gasteiger partial charge in [-0.3, -0.25) is 4.79 Å². The van der Waals surface area contributed by atoms with Crippen molar-refractivity contribution in [3.8, 4) is 0 Å². The van der Waals surface area contributed by atoms with Crippen LogP contribution in [-0.2, 0) is 6.42 Å². The summed E-state index contributed by atoms with van der Waals surface area (Å²) in [5.74, 6) is 0.451. The minimum absolute atomic E-state index is 0.143. The maximum absolute atomic E-state index is 12.1. The van der Waals surface area contributed by atoms with E-state index < -0.39 is 0 Å². The Morgan fingerprint density at radius 1 is 1.32 bits per heavy atom. The molecule has 2 heterocycles. The van der Waals surface area contributed by atoms with E-state index in [4.69, 9.17) is 0 Å². The van der Waals surface area contributed by atoms with E-state index in [-0.39, 0.29) is 5.91 Å². The van der Waals surface area contributed by atoms with E-state index in [1.165, 1.54) is 5.56 Å². The van der Waals surface area contributed by atoms with Gasteiger partial charge in [0.05, 0.1) is 0 Å². The van der Waals surface area contributed by atoms with Gasteiger partial charge in [-0.1, -0.05) is 25.1 Å². The molecule has 1 aliphatic heterocycles. The molecule has 0 bridgehead atoms. The number of benzene rings is 1. The lowest BCUT2D eigenvalue weighted by molar-refractivity contribution is 0.0948. The van der Waals surface area contributed by atoms with Crippen LogP contribution in [0.25, 0.3) is 0 Å². The minimum atomic E-state index is -0.143. The first-order valence-electron chi connectivity index (χ1n) is 7.76. The Morgan fingerprint density at radius 3 is 3.05 bits per heavy atom. The van der Waals surface area contributed by atoms with Crippen molar-refractivity contribution in [1.29, 1.82) is 0 Å². The van der Waals surface area contributed by atoms with Crippen LogP contribution in [0.15, 0.2) is 36.5 Å². The molecule has 1 aliphatic rings. The zero-order valence-corrected chi connectivity index (χ0v) is 12.7. The molecule has 5 nitrogen and oxygen atoms in total. The highest BCUT2D eigenvalue weighted by Gasteiger charge is 2.20. The molecule has 1 amide bonds. The molecule has 3 rings (SSSR count). The molecule has 1 aromatic heterocycles. The van der Waals surface area contributed by atoms with Gasteiger partial charge in [-0.15, -0.1) is 0 Å². The van der Waals surface area contributed by atoms with Crippen molar-refractivity contribution in [3.63, 3.8) is 0 Å². The highest BCUT2D eigenvalue weighted by atomic mass is 16.1. The number of nitrogens with one attached hydrogen (secondary N) is 1. The summed E-state index contributed by atoms with van der Waals surface area (Å²) in [6.07, 6.45) is 4.69. The summed E-state index contributed by atoms with van der Waals surface area (Å²) >= 11 is 0. The van der Waals surface area contributed by atoms with Crippen LogP contribution in [0.5, 0.6) is 0 Å². The molecular formula is C17H20N4O. The molecule has 0 spiro atoms. The molecule has 0 aliphatic carbocycles.